The van der Waals surface area contributed by atoms with Crippen molar-refractivity contribution in [3.8, 4) is 5.40 Å². The van der Waals surface area contributed by atoms with E-state index in [-0.39, 0.29) is 0 Å². The maximum Gasteiger partial charge on any atom is 0.133 e. The summed E-state index contributed by atoms with van der Waals surface area (Å²) in [6, 6.07) is 0. The van der Waals surface area contributed by atoms with Gasteiger partial charge in [-0.25, -0.2) is 0 Å². The molecule has 0 unspecified atom stereocenters. The lowest BCUT2D eigenvalue weighted by atomic mass is 9.73. The summed E-state index contributed by atoms with van der Waals surface area (Å²) in [5.74, 6) is 2.22. The monoisotopic (exact) mass is 397 g/mol. The van der Waals surface area contributed by atoms with Crippen molar-refractivity contribution in [1.29, 1.82) is 5.26 Å². The van der Waals surface area contributed by atoms with Gasteiger partial charge in [0.05, 0.1) is 0 Å². The van der Waals surface area contributed by atoms with Gasteiger partial charge in [0.15, 0.2) is 0 Å². The van der Waals surface area contributed by atoms with E-state index in [2.05, 4.69) is 30.1 Å². The number of hydrogen-bond donors (Lipinski definition) is 0. The fraction of sp³-hybridized carbons (Fsp3) is 0.929. The number of nitrogens with zero attached hydrogens (tertiary/aromatic N) is 1. The molecule has 4 heteroatoms. The molecule has 0 radical (unpaired) electrons. The van der Waals surface area contributed by atoms with E-state index in [0.29, 0.717) is 0 Å². The highest BCUT2D eigenvalue weighted by atomic mass is 127. The molecule has 0 bridgehead atoms. The number of halogens is 1. The molecule has 1 nitrogen and oxygen atoms in total. The molecule has 2 fully saturated rings. The zero-order chi connectivity index (χ0) is 13.2. The molecule has 2 aliphatic carbocycles. The highest BCUT2D eigenvalue weighted by molar-refractivity contribution is 14.2. The van der Waals surface area contributed by atoms with Crippen molar-refractivity contribution in [2.24, 2.45) is 11.8 Å². The molecule has 2 aliphatic rings. The van der Waals surface area contributed by atoms with Crippen molar-refractivity contribution in [1.82, 2.24) is 0 Å². The topological polar surface area (TPSA) is 23.8 Å². The first-order valence-electron chi connectivity index (χ1n) is 7.01. The van der Waals surface area contributed by atoms with E-state index in [4.69, 9.17) is 5.26 Å². The molecule has 0 aromatic heterocycles. The third-order valence-electron chi connectivity index (χ3n) is 4.25. The number of thioether (sulfide) groups is 1. The summed E-state index contributed by atoms with van der Waals surface area (Å²) in [6.45, 7) is 0. The Balaban J connectivity index is 0.000000357. The lowest BCUT2D eigenvalue weighted by Crippen LogP contribution is -2.24. The van der Waals surface area contributed by atoms with E-state index in [9.17, 15) is 0 Å². The minimum Gasteiger partial charge on any atom is -0.185 e. The Bertz CT molecular complexity index is 241. The third kappa shape index (κ3) is 6.38. The molecule has 0 atom stereocenters. The van der Waals surface area contributed by atoms with Crippen LogP contribution in [0.1, 0.15) is 57.8 Å². The lowest BCUT2D eigenvalue weighted by molar-refractivity contribution is 0.198. The van der Waals surface area contributed by atoms with Gasteiger partial charge in [-0.05, 0) is 76.7 Å². The van der Waals surface area contributed by atoms with Crippen LogP contribution in [-0.2, 0) is 0 Å². The fourth-order valence-electron chi connectivity index (χ4n) is 3.25. The molecule has 2 rings (SSSR count). The Labute approximate surface area is 133 Å². The van der Waals surface area contributed by atoms with E-state index in [1.165, 1.54) is 44.9 Å². The summed E-state index contributed by atoms with van der Waals surface area (Å²) in [4.78, 5) is 0. The molecule has 0 saturated heterocycles. The summed E-state index contributed by atoms with van der Waals surface area (Å²) in [5.41, 5.74) is 0. The Morgan fingerprint density at radius 3 is 1.89 bits per heavy atom. The van der Waals surface area contributed by atoms with Crippen LogP contribution in [0.5, 0.6) is 0 Å². The van der Waals surface area contributed by atoms with Crippen molar-refractivity contribution in [3.63, 3.8) is 0 Å². The molecule has 104 valence electrons. The number of hydrogen-bond acceptors (Lipinski definition) is 3. The SMILES string of the molecule is CSC#N.ISC1CCC(C2CCCCC2)CC1. The summed E-state index contributed by atoms with van der Waals surface area (Å²) < 4.78 is 0. The van der Waals surface area contributed by atoms with E-state index >= 15 is 0 Å². The Morgan fingerprint density at radius 1 is 0.944 bits per heavy atom. The van der Waals surface area contributed by atoms with Crippen LogP contribution >= 0.6 is 41.9 Å². The predicted molar refractivity (Wildman–Crippen MR) is 93.1 cm³/mol. The molecule has 0 aromatic rings. The van der Waals surface area contributed by atoms with Crippen molar-refractivity contribution in [2.45, 2.75) is 63.0 Å². The molecule has 0 aromatic carbocycles. The van der Waals surface area contributed by atoms with Crippen LogP contribution < -0.4 is 0 Å². The van der Waals surface area contributed by atoms with Gasteiger partial charge in [0.25, 0.3) is 0 Å². The second-order valence-electron chi connectivity index (χ2n) is 5.32. The number of thiocyanates is 1. The van der Waals surface area contributed by atoms with Crippen molar-refractivity contribution in [3.05, 3.63) is 0 Å². The van der Waals surface area contributed by atoms with Crippen LogP contribution in [0.3, 0.4) is 0 Å². The molecule has 2 saturated carbocycles. The average molecular weight is 397 g/mol. The molecular weight excluding hydrogens is 373 g/mol. The first kappa shape index (κ1) is 17.0. The van der Waals surface area contributed by atoms with Crippen molar-refractivity contribution >= 4 is 41.9 Å². The largest absolute Gasteiger partial charge is 0.185 e. The molecular formula is C14H24INS2. The summed E-state index contributed by atoms with van der Waals surface area (Å²) >= 11 is 3.65. The standard InChI is InChI=1S/C12H21IS.C2H3NS/c13-14-12-8-6-11(7-9-12)10-4-2-1-3-5-10;1-4-2-3/h10-12H,1-9H2;1H3. The first-order chi connectivity index (χ1) is 8.81. The van der Waals surface area contributed by atoms with Gasteiger partial charge in [-0.1, -0.05) is 41.0 Å². The molecule has 0 N–H and O–H groups in total. The van der Waals surface area contributed by atoms with Gasteiger partial charge in [-0.15, -0.1) is 0 Å². The van der Waals surface area contributed by atoms with Crippen LogP contribution in [0.25, 0.3) is 0 Å². The minimum atomic E-state index is 0.982. The van der Waals surface area contributed by atoms with E-state index in [0.717, 1.165) is 28.8 Å². The van der Waals surface area contributed by atoms with E-state index in [1.54, 1.807) is 19.1 Å². The smallest absolute Gasteiger partial charge is 0.133 e. The number of rotatable bonds is 2. The Kier molecular flexibility index (Phi) is 10.1. The second kappa shape index (κ2) is 10.7. The minimum absolute atomic E-state index is 0.982. The molecule has 18 heavy (non-hydrogen) atoms. The van der Waals surface area contributed by atoms with Gasteiger partial charge in [0.2, 0.25) is 0 Å². The molecule has 0 amide bonds. The van der Waals surface area contributed by atoms with Crippen LogP contribution in [0.4, 0.5) is 0 Å². The normalized spacial score (nSPS) is 28.9. The molecule has 0 spiro atoms. The summed E-state index contributed by atoms with van der Waals surface area (Å²) in [6.07, 6.45) is 15.4. The predicted octanol–water partition coefficient (Wildman–Crippen LogP) is 6.04. The van der Waals surface area contributed by atoms with Crippen molar-refractivity contribution in [2.75, 3.05) is 6.26 Å². The summed E-state index contributed by atoms with van der Waals surface area (Å²) in [7, 11) is 2.06. The quantitative estimate of drug-likeness (QED) is 0.419. The van der Waals surface area contributed by atoms with Gasteiger partial charge in [-0.2, -0.15) is 5.26 Å². The van der Waals surface area contributed by atoms with Gasteiger partial charge < -0.3 is 0 Å². The van der Waals surface area contributed by atoms with Crippen LogP contribution in [-0.4, -0.2) is 11.5 Å². The van der Waals surface area contributed by atoms with E-state index in [1.807, 2.05) is 5.40 Å². The van der Waals surface area contributed by atoms with Gasteiger partial charge in [-0.3, -0.25) is 0 Å². The number of nitriles is 1. The Hall–Kier alpha value is 0.920. The zero-order valence-corrected chi connectivity index (χ0v) is 15.0. The maximum atomic E-state index is 7.59. The second-order valence-corrected chi connectivity index (χ2v) is 8.28. The average Bonchev–Trinajstić information content (AvgIpc) is 2.48. The van der Waals surface area contributed by atoms with Gasteiger partial charge in [0, 0.05) is 5.25 Å². The van der Waals surface area contributed by atoms with E-state index < -0.39 is 0 Å². The van der Waals surface area contributed by atoms with Crippen LogP contribution in [0, 0.1) is 22.5 Å². The van der Waals surface area contributed by atoms with Gasteiger partial charge in [0.1, 0.15) is 5.40 Å². The highest BCUT2D eigenvalue weighted by Crippen LogP contribution is 2.41. The maximum absolute atomic E-state index is 7.59. The zero-order valence-electron chi connectivity index (χ0n) is 11.2. The van der Waals surface area contributed by atoms with Gasteiger partial charge >= 0.3 is 0 Å². The lowest BCUT2D eigenvalue weighted by Gasteiger charge is -2.35. The van der Waals surface area contributed by atoms with Crippen LogP contribution in [0.2, 0.25) is 0 Å². The first-order valence-corrected chi connectivity index (χ1v) is 11.7. The van der Waals surface area contributed by atoms with Crippen molar-refractivity contribution < 1.29 is 0 Å². The van der Waals surface area contributed by atoms with Crippen LogP contribution in [0.15, 0.2) is 0 Å². The third-order valence-corrected chi connectivity index (χ3v) is 7.32. The fourth-order valence-corrected chi connectivity index (χ4v) is 5.23. The Morgan fingerprint density at radius 2 is 1.44 bits per heavy atom. The summed E-state index contributed by atoms with van der Waals surface area (Å²) in [5, 5.41) is 10.4. The molecule has 0 heterocycles. The molecule has 0 aliphatic heterocycles. The highest BCUT2D eigenvalue weighted by Gasteiger charge is 2.28.